The number of fused-ring (bicyclic) bond motifs is 1. The lowest BCUT2D eigenvalue weighted by Crippen LogP contribution is -2.01. The molecule has 0 radical (unpaired) electrons. The van der Waals surface area contributed by atoms with Crippen molar-refractivity contribution < 1.29 is 0 Å². The summed E-state index contributed by atoms with van der Waals surface area (Å²) in [4.78, 5) is 1.21. The summed E-state index contributed by atoms with van der Waals surface area (Å²) in [5.74, 6) is 0. The number of halogens is 1. The van der Waals surface area contributed by atoms with Crippen LogP contribution in [0.1, 0.15) is 17.8 Å². The Balaban J connectivity index is 2.62. The molecule has 0 bridgehead atoms. The number of benzene rings is 1. The Morgan fingerprint density at radius 2 is 2.15 bits per heavy atom. The first kappa shape index (κ1) is 9.00. The smallest absolute Gasteiger partial charge is 0.0420 e. The van der Waals surface area contributed by atoms with E-state index in [-0.39, 0.29) is 6.04 Å². The molecule has 1 aromatic heterocycles. The second kappa shape index (κ2) is 3.29. The highest BCUT2D eigenvalue weighted by Crippen LogP contribution is 2.30. The van der Waals surface area contributed by atoms with Crippen LogP contribution in [0.15, 0.2) is 24.3 Å². The average Bonchev–Trinajstić information content (AvgIpc) is 2.46. The lowest BCUT2D eigenvalue weighted by Gasteiger charge is -1.96. The number of hydrogen-bond donors (Lipinski definition) is 1. The molecule has 2 rings (SSSR count). The second-order valence-corrected chi connectivity index (χ2v) is 4.67. The fourth-order valence-corrected chi connectivity index (χ4v) is 2.54. The normalized spacial score (nSPS) is 13.5. The molecular formula is C10H10ClNS. The summed E-state index contributed by atoms with van der Waals surface area (Å²) in [5, 5.41) is 2.01. The Bertz CT molecular complexity index is 433. The standard InChI is InChI=1S/C10H10ClNS/c1-6(12)9-4-7-2-3-8(11)5-10(7)13-9/h2-6H,12H2,1H3. The third-order valence-corrected chi connectivity index (χ3v) is 3.48. The van der Waals surface area contributed by atoms with Gasteiger partial charge in [-0.05, 0) is 30.5 Å². The van der Waals surface area contributed by atoms with Crippen LogP contribution in [0, 0.1) is 0 Å². The fraction of sp³-hybridized carbons (Fsp3) is 0.200. The van der Waals surface area contributed by atoms with Crippen molar-refractivity contribution in [3.05, 3.63) is 34.2 Å². The molecule has 1 aromatic carbocycles. The van der Waals surface area contributed by atoms with E-state index in [2.05, 4.69) is 6.07 Å². The monoisotopic (exact) mass is 211 g/mol. The SMILES string of the molecule is CC(N)c1cc2ccc(Cl)cc2s1. The van der Waals surface area contributed by atoms with E-state index in [0.717, 1.165) is 5.02 Å². The number of rotatable bonds is 1. The molecule has 0 amide bonds. The van der Waals surface area contributed by atoms with Gasteiger partial charge in [-0.15, -0.1) is 11.3 Å². The molecule has 68 valence electrons. The molecule has 2 aromatic rings. The fourth-order valence-electron chi connectivity index (χ4n) is 1.25. The van der Waals surface area contributed by atoms with E-state index in [1.807, 2.05) is 25.1 Å². The van der Waals surface area contributed by atoms with Gasteiger partial charge in [0, 0.05) is 20.6 Å². The molecule has 0 aliphatic rings. The van der Waals surface area contributed by atoms with E-state index in [9.17, 15) is 0 Å². The van der Waals surface area contributed by atoms with Crippen LogP contribution < -0.4 is 5.73 Å². The summed E-state index contributed by atoms with van der Waals surface area (Å²) in [7, 11) is 0. The molecule has 0 fully saturated rings. The van der Waals surface area contributed by atoms with Crippen LogP contribution in [0.4, 0.5) is 0 Å². The van der Waals surface area contributed by atoms with Gasteiger partial charge in [-0.2, -0.15) is 0 Å². The van der Waals surface area contributed by atoms with Gasteiger partial charge in [0.2, 0.25) is 0 Å². The van der Waals surface area contributed by atoms with E-state index >= 15 is 0 Å². The Labute approximate surface area is 86.1 Å². The van der Waals surface area contributed by atoms with Crippen molar-refractivity contribution in [3.8, 4) is 0 Å². The largest absolute Gasteiger partial charge is 0.324 e. The summed E-state index contributed by atoms with van der Waals surface area (Å²) in [5.41, 5.74) is 5.79. The Hall–Kier alpha value is -0.570. The molecule has 0 spiro atoms. The van der Waals surface area contributed by atoms with Crippen LogP contribution in [0.3, 0.4) is 0 Å². The molecule has 0 saturated heterocycles. The third-order valence-electron chi connectivity index (χ3n) is 1.95. The highest BCUT2D eigenvalue weighted by atomic mass is 35.5. The van der Waals surface area contributed by atoms with Gasteiger partial charge >= 0.3 is 0 Å². The molecule has 3 heteroatoms. The molecule has 1 nitrogen and oxygen atoms in total. The van der Waals surface area contributed by atoms with Crippen LogP contribution in [0.5, 0.6) is 0 Å². The first-order valence-corrected chi connectivity index (χ1v) is 5.31. The number of hydrogen-bond acceptors (Lipinski definition) is 2. The quantitative estimate of drug-likeness (QED) is 0.767. The van der Waals surface area contributed by atoms with Crippen LogP contribution in [-0.2, 0) is 0 Å². The van der Waals surface area contributed by atoms with Crippen molar-refractivity contribution >= 4 is 33.0 Å². The van der Waals surface area contributed by atoms with E-state index in [1.54, 1.807) is 11.3 Å². The first-order chi connectivity index (χ1) is 6.16. The summed E-state index contributed by atoms with van der Waals surface area (Å²) in [6.07, 6.45) is 0. The van der Waals surface area contributed by atoms with E-state index in [0.29, 0.717) is 0 Å². The first-order valence-electron chi connectivity index (χ1n) is 4.11. The average molecular weight is 212 g/mol. The van der Waals surface area contributed by atoms with Crippen molar-refractivity contribution in [2.75, 3.05) is 0 Å². The van der Waals surface area contributed by atoms with Gasteiger partial charge in [-0.1, -0.05) is 17.7 Å². The highest BCUT2D eigenvalue weighted by molar-refractivity contribution is 7.19. The van der Waals surface area contributed by atoms with Gasteiger partial charge in [-0.25, -0.2) is 0 Å². The molecule has 0 aliphatic heterocycles. The summed E-state index contributed by atoms with van der Waals surface area (Å²) in [6, 6.07) is 8.15. The minimum atomic E-state index is 0.108. The maximum Gasteiger partial charge on any atom is 0.0420 e. The van der Waals surface area contributed by atoms with E-state index in [4.69, 9.17) is 17.3 Å². The Kier molecular flexibility index (Phi) is 2.28. The number of nitrogens with two attached hydrogens (primary N) is 1. The van der Waals surface area contributed by atoms with Gasteiger partial charge in [0.1, 0.15) is 0 Å². The Morgan fingerprint density at radius 1 is 1.38 bits per heavy atom. The molecular weight excluding hydrogens is 202 g/mol. The maximum absolute atomic E-state index is 5.88. The predicted molar refractivity (Wildman–Crippen MR) is 59.4 cm³/mol. The lowest BCUT2D eigenvalue weighted by atomic mass is 10.2. The van der Waals surface area contributed by atoms with Gasteiger partial charge in [-0.3, -0.25) is 0 Å². The molecule has 1 atom stereocenters. The van der Waals surface area contributed by atoms with Gasteiger partial charge in [0.25, 0.3) is 0 Å². The van der Waals surface area contributed by atoms with E-state index < -0.39 is 0 Å². The van der Waals surface area contributed by atoms with Crippen molar-refractivity contribution in [2.24, 2.45) is 5.73 Å². The summed E-state index contributed by atoms with van der Waals surface area (Å²) >= 11 is 7.59. The van der Waals surface area contributed by atoms with Crippen molar-refractivity contribution in [1.82, 2.24) is 0 Å². The van der Waals surface area contributed by atoms with Crippen molar-refractivity contribution in [3.63, 3.8) is 0 Å². The van der Waals surface area contributed by atoms with Crippen LogP contribution in [0.25, 0.3) is 10.1 Å². The zero-order valence-electron chi connectivity index (χ0n) is 7.25. The second-order valence-electron chi connectivity index (χ2n) is 3.12. The molecule has 0 aliphatic carbocycles. The summed E-state index contributed by atoms with van der Waals surface area (Å²) < 4.78 is 1.21. The van der Waals surface area contributed by atoms with Crippen LogP contribution in [-0.4, -0.2) is 0 Å². The third kappa shape index (κ3) is 1.70. The van der Waals surface area contributed by atoms with E-state index in [1.165, 1.54) is 15.0 Å². The van der Waals surface area contributed by atoms with Gasteiger partial charge < -0.3 is 5.73 Å². The van der Waals surface area contributed by atoms with Gasteiger partial charge in [0.05, 0.1) is 0 Å². The molecule has 0 saturated carbocycles. The maximum atomic E-state index is 5.88. The highest BCUT2D eigenvalue weighted by Gasteiger charge is 2.05. The molecule has 13 heavy (non-hydrogen) atoms. The molecule has 1 unspecified atom stereocenters. The van der Waals surface area contributed by atoms with Gasteiger partial charge in [0.15, 0.2) is 0 Å². The van der Waals surface area contributed by atoms with Crippen molar-refractivity contribution in [2.45, 2.75) is 13.0 Å². The van der Waals surface area contributed by atoms with Crippen LogP contribution in [0.2, 0.25) is 5.02 Å². The number of thiophene rings is 1. The van der Waals surface area contributed by atoms with Crippen LogP contribution >= 0.6 is 22.9 Å². The minimum absolute atomic E-state index is 0.108. The summed E-state index contributed by atoms with van der Waals surface area (Å²) in [6.45, 7) is 1.99. The van der Waals surface area contributed by atoms with Crippen molar-refractivity contribution in [1.29, 1.82) is 0 Å². The molecule has 1 heterocycles. The minimum Gasteiger partial charge on any atom is -0.324 e. The topological polar surface area (TPSA) is 26.0 Å². The Morgan fingerprint density at radius 3 is 2.85 bits per heavy atom. The lowest BCUT2D eigenvalue weighted by molar-refractivity contribution is 0.839. The zero-order valence-corrected chi connectivity index (χ0v) is 8.82. The zero-order chi connectivity index (χ0) is 9.42. The molecule has 2 N–H and O–H groups in total. The predicted octanol–water partition coefficient (Wildman–Crippen LogP) is 3.57.